The van der Waals surface area contributed by atoms with E-state index in [1.165, 1.54) is 18.2 Å². The molecule has 0 unspecified atom stereocenters. The van der Waals surface area contributed by atoms with Crippen LogP contribution in [0.25, 0.3) is 0 Å². The van der Waals surface area contributed by atoms with E-state index in [4.69, 9.17) is 0 Å². The molecule has 1 rings (SSSR count). The van der Waals surface area contributed by atoms with Crippen molar-refractivity contribution in [2.45, 2.75) is 18.2 Å². The van der Waals surface area contributed by atoms with Crippen molar-refractivity contribution >= 4 is 15.7 Å². The van der Waals surface area contributed by atoms with Crippen LogP contribution < -0.4 is 4.72 Å². The van der Waals surface area contributed by atoms with Crippen LogP contribution in [0, 0.1) is 10.1 Å². The van der Waals surface area contributed by atoms with Gasteiger partial charge in [0.15, 0.2) is 0 Å². The van der Waals surface area contributed by atoms with Gasteiger partial charge in [0.25, 0.3) is 5.69 Å². The van der Waals surface area contributed by atoms with E-state index in [0.29, 0.717) is 6.42 Å². The molecule has 0 aliphatic heterocycles. The maximum atomic E-state index is 11.8. The van der Waals surface area contributed by atoms with Crippen molar-refractivity contribution in [3.05, 3.63) is 46.5 Å². The molecule has 1 aromatic rings. The smallest absolute Gasteiger partial charge is 0.258 e. The Morgan fingerprint density at radius 1 is 1.44 bits per heavy atom. The van der Waals surface area contributed by atoms with Crippen LogP contribution in [0.3, 0.4) is 0 Å². The van der Waals surface area contributed by atoms with Crippen molar-refractivity contribution in [1.82, 2.24) is 4.72 Å². The average molecular weight is 270 g/mol. The third-order valence-corrected chi connectivity index (χ3v) is 3.64. The number of allylic oxidation sites excluding steroid dienone is 1. The van der Waals surface area contributed by atoms with E-state index in [0.717, 1.165) is 6.07 Å². The van der Waals surface area contributed by atoms with E-state index in [1.807, 2.05) is 19.1 Å². The minimum absolute atomic E-state index is 0.0998. The first-order valence-electron chi connectivity index (χ1n) is 5.32. The van der Waals surface area contributed by atoms with Crippen LogP contribution in [0.15, 0.2) is 41.3 Å². The van der Waals surface area contributed by atoms with Crippen molar-refractivity contribution in [3.63, 3.8) is 0 Å². The summed E-state index contributed by atoms with van der Waals surface area (Å²) in [4.78, 5) is 9.83. The molecule has 98 valence electrons. The van der Waals surface area contributed by atoms with Crippen molar-refractivity contribution in [2.75, 3.05) is 6.54 Å². The lowest BCUT2D eigenvalue weighted by Crippen LogP contribution is -2.24. The van der Waals surface area contributed by atoms with Gasteiger partial charge >= 0.3 is 0 Å². The Kier molecular flexibility index (Phi) is 4.99. The Labute approximate surface area is 106 Å². The number of hydrogen-bond acceptors (Lipinski definition) is 4. The van der Waals surface area contributed by atoms with Crippen LogP contribution in [0.4, 0.5) is 5.69 Å². The number of non-ortho nitro benzene ring substituents is 1. The molecule has 0 atom stereocenters. The standard InChI is InChI=1S/C11H14N2O4S/c1-2-3-4-8-12-18(16,17)11-7-5-6-10(9-11)13(14)15/h2-3,5-7,9,12H,4,8H2,1H3/b3-2+. The van der Waals surface area contributed by atoms with Gasteiger partial charge in [-0.25, -0.2) is 13.1 Å². The number of sulfonamides is 1. The van der Waals surface area contributed by atoms with Crippen LogP contribution in [-0.2, 0) is 10.0 Å². The molecule has 7 heteroatoms. The van der Waals surface area contributed by atoms with Crippen molar-refractivity contribution < 1.29 is 13.3 Å². The lowest BCUT2D eigenvalue weighted by Gasteiger charge is -2.05. The van der Waals surface area contributed by atoms with Gasteiger partial charge in [-0.15, -0.1) is 0 Å². The van der Waals surface area contributed by atoms with Crippen LogP contribution in [0.1, 0.15) is 13.3 Å². The Balaban J connectivity index is 2.84. The van der Waals surface area contributed by atoms with Crippen LogP contribution >= 0.6 is 0 Å². The highest BCUT2D eigenvalue weighted by Gasteiger charge is 2.16. The molecule has 0 saturated heterocycles. The molecule has 1 aromatic carbocycles. The van der Waals surface area contributed by atoms with Crippen molar-refractivity contribution in [1.29, 1.82) is 0 Å². The van der Waals surface area contributed by atoms with Crippen LogP contribution in [-0.4, -0.2) is 19.9 Å². The molecule has 0 bridgehead atoms. The number of nitrogens with one attached hydrogen (secondary N) is 1. The summed E-state index contributed by atoms with van der Waals surface area (Å²) in [6.45, 7) is 2.10. The van der Waals surface area contributed by atoms with Gasteiger partial charge in [0.2, 0.25) is 10.0 Å². The molecule has 0 aliphatic rings. The zero-order chi connectivity index (χ0) is 13.6. The first-order chi connectivity index (χ1) is 8.47. The quantitative estimate of drug-likeness (QED) is 0.369. The van der Waals surface area contributed by atoms with Gasteiger partial charge in [0.05, 0.1) is 9.82 Å². The number of hydrogen-bond donors (Lipinski definition) is 1. The number of nitrogens with zero attached hydrogens (tertiary/aromatic N) is 1. The minimum atomic E-state index is -3.69. The fourth-order valence-corrected chi connectivity index (χ4v) is 2.38. The minimum Gasteiger partial charge on any atom is -0.258 e. The lowest BCUT2D eigenvalue weighted by molar-refractivity contribution is -0.385. The Bertz CT molecular complexity index is 552. The van der Waals surface area contributed by atoms with Gasteiger partial charge < -0.3 is 0 Å². The number of nitro benzene ring substituents is 1. The lowest BCUT2D eigenvalue weighted by atomic mass is 10.3. The molecular weight excluding hydrogens is 256 g/mol. The molecule has 1 N–H and O–H groups in total. The van der Waals surface area contributed by atoms with Crippen molar-refractivity contribution in [3.8, 4) is 0 Å². The molecule has 0 amide bonds. The molecular formula is C11H14N2O4S. The molecule has 0 saturated carbocycles. The first-order valence-corrected chi connectivity index (χ1v) is 6.81. The fraction of sp³-hybridized carbons (Fsp3) is 0.273. The molecule has 18 heavy (non-hydrogen) atoms. The summed E-state index contributed by atoms with van der Waals surface area (Å²) < 4.78 is 26.0. The molecule has 0 fully saturated rings. The summed E-state index contributed by atoms with van der Waals surface area (Å²) in [7, 11) is -3.69. The van der Waals surface area contributed by atoms with E-state index in [-0.39, 0.29) is 17.1 Å². The topological polar surface area (TPSA) is 89.3 Å². The molecule has 0 aromatic heterocycles. The van der Waals surface area contributed by atoms with E-state index in [2.05, 4.69) is 4.72 Å². The normalized spacial score (nSPS) is 11.8. The Morgan fingerprint density at radius 3 is 2.78 bits per heavy atom. The monoisotopic (exact) mass is 270 g/mol. The summed E-state index contributed by atoms with van der Waals surface area (Å²) in [5.74, 6) is 0. The second-order valence-corrected chi connectivity index (χ2v) is 5.28. The SMILES string of the molecule is C/C=C/CCNS(=O)(=O)c1cccc([N+](=O)[O-])c1. The molecule has 0 radical (unpaired) electrons. The number of nitro groups is 1. The second kappa shape index (κ2) is 6.27. The summed E-state index contributed by atoms with van der Waals surface area (Å²) in [5, 5.41) is 10.6. The van der Waals surface area contributed by atoms with E-state index in [9.17, 15) is 18.5 Å². The summed E-state index contributed by atoms with van der Waals surface area (Å²) >= 11 is 0. The van der Waals surface area contributed by atoms with E-state index >= 15 is 0 Å². The van der Waals surface area contributed by atoms with E-state index < -0.39 is 14.9 Å². The zero-order valence-corrected chi connectivity index (χ0v) is 10.7. The Morgan fingerprint density at radius 2 is 2.17 bits per heavy atom. The fourth-order valence-electron chi connectivity index (χ4n) is 1.29. The predicted octanol–water partition coefficient (Wildman–Crippen LogP) is 1.84. The van der Waals surface area contributed by atoms with Crippen LogP contribution in [0.2, 0.25) is 0 Å². The number of rotatable bonds is 6. The highest BCUT2D eigenvalue weighted by molar-refractivity contribution is 7.89. The average Bonchev–Trinajstić information content (AvgIpc) is 2.35. The third kappa shape index (κ3) is 3.94. The van der Waals surface area contributed by atoms with Crippen LogP contribution in [0.5, 0.6) is 0 Å². The molecule has 0 aliphatic carbocycles. The van der Waals surface area contributed by atoms with Gasteiger partial charge in [-0.3, -0.25) is 10.1 Å². The van der Waals surface area contributed by atoms with Gasteiger partial charge in [0, 0.05) is 18.7 Å². The third-order valence-electron chi connectivity index (χ3n) is 2.18. The maximum absolute atomic E-state index is 11.8. The Hall–Kier alpha value is -1.73. The highest BCUT2D eigenvalue weighted by Crippen LogP contribution is 2.16. The summed E-state index contributed by atoms with van der Waals surface area (Å²) in [6, 6.07) is 4.96. The number of benzene rings is 1. The summed E-state index contributed by atoms with van der Waals surface area (Å²) in [6.07, 6.45) is 4.22. The molecule has 0 heterocycles. The largest absolute Gasteiger partial charge is 0.270 e. The van der Waals surface area contributed by atoms with Gasteiger partial charge in [-0.1, -0.05) is 18.2 Å². The van der Waals surface area contributed by atoms with Crippen molar-refractivity contribution in [2.24, 2.45) is 0 Å². The van der Waals surface area contributed by atoms with Gasteiger partial charge in [-0.2, -0.15) is 0 Å². The summed E-state index contributed by atoms with van der Waals surface area (Å²) in [5.41, 5.74) is -0.244. The predicted molar refractivity (Wildman–Crippen MR) is 67.7 cm³/mol. The van der Waals surface area contributed by atoms with Gasteiger partial charge in [0.1, 0.15) is 0 Å². The van der Waals surface area contributed by atoms with E-state index in [1.54, 1.807) is 0 Å². The molecule has 6 nitrogen and oxygen atoms in total. The zero-order valence-electron chi connectivity index (χ0n) is 9.87. The first kappa shape index (κ1) is 14.3. The molecule has 0 spiro atoms. The highest BCUT2D eigenvalue weighted by atomic mass is 32.2. The second-order valence-electron chi connectivity index (χ2n) is 3.51. The maximum Gasteiger partial charge on any atom is 0.270 e. The van der Waals surface area contributed by atoms with Gasteiger partial charge in [-0.05, 0) is 19.4 Å².